The van der Waals surface area contributed by atoms with Crippen LogP contribution in [0.15, 0.2) is 48.8 Å². The lowest BCUT2D eigenvalue weighted by Crippen LogP contribution is -2.48. The van der Waals surface area contributed by atoms with E-state index in [9.17, 15) is 18.0 Å². The number of alkyl halides is 3. The fraction of sp³-hybridized carbons (Fsp3) is 0.375. The molecule has 2 atom stereocenters. The first-order chi connectivity index (χ1) is 16.3. The molecule has 34 heavy (non-hydrogen) atoms. The van der Waals surface area contributed by atoms with Crippen molar-refractivity contribution in [2.45, 2.75) is 31.1 Å². The van der Waals surface area contributed by atoms with Gasteiger partial charge in [-0.1, -0.05) is 18.2 Å². The minimum Gasteiger partial charge on any atom is -0.333 e. The molecule has 2 amide bonds. The van der Waals surface area contributed by atoms with Gasteiger partial charge in [-0.3, -0.25) is 10.1 Å². The van der Waals surface area contributed by atoms with Crippen LogP contribution in [0, 0.1) is 0 Å². The topological polar surface area (TPSA) is 77.2 Å². The van der Waals surface area contributed by atoms with Gasteiger partial charge in [-0.2, -0.15) is 18.3 Å². The van der Waals surface area contributed by atoms with Crippen LogP contribution in [0.5, 0.6) is 0 Å². The van der Waals surface area contributed by atoms with Crippen LogP contribution in [0.1, 0.15) is 28.3 Å². The van der Waals surface area contributed by atoms with Crippen LogP contribution in [0.25, 0.3) is 11.3 Å². The molecule has 0 saturated carbocycles. The first-order valence-corrected chi connectivity index (χ1v) is 11.2. The zero-order chi connectivity index (χ0) is 23.9. The summed E-state index contributed by atoms with van der Waals surface area (Å²) in [5.41, 5.74) is 3.23. The molecule has 0 aliphatic carbocycles. The van der Waals surface area contributed by atoms with Crippen LogP contribution < -0.4 is 5.32 Å². The lowest BCUT2D eigenvalue weighted by molar-refractivity contribution is -0.138. The van der Waals surface area contributed by atoms with Gasteiger partial charge in [-0.05, 0) is 30.8 Å². The molecule has 2 aliphatic heterocycles. The van der Waals surface area contributed by atoms with Crippen LogP contribution in [-0.4, -0.2) is 63.7 Å². The number of carbonyl (C=O) groups is 1. The van der Waals surface area contributed by atoms with Gasteiger partial charge >= 0.3 is 12.2 Å². The monoisotopic (exact) mass is 470 g/mol. The van der Waals surface area contributed by atoms with E-state index in [0.717, 1.165) is 28.6 Å². The van der Waals surface area contributed by atoms with Crippen molar-refractivity contribution in [1.29, 1.82) is 0 Å². The van der Waals surface area contributed by atoms with E-state index in [1.165, 1.54) is 12.1 Å². The number of pyridine rings is 1. The molecule has 0 radical (unpaired) electrons. The van der Waals surface area contributed by atoms with Gasteiger partial charge in [-0.15, -0.1) is 0 Å². The molecule has 2 aliphatic rings. The molecule has 1 saturated heterocycles. The SMILES string of the molecule is CN1C[C@H](NC(=O)N2CCc3[nH]nc(-c4ccncc4)c3C2)[C@@H](c2ccccc2C(F)(F)F)C1. The van der Waals surface area contributed by atoms with E-state index in [1.807, 2.05) is 24.1 Å². The summed E-state index contributed by atoms with van der Waals surface area (Å²) in [5.74, 6) is -0.451. The zero-order valence-corrected chi connectivity index (χ0v) is 18.6. The van der Waals surface area contributed by atoms with E-state index in [4.69, 9.17) is 0 Å². The number of nitrogens with zero attached hydrogens (tertiary/aromatic N) is 4. The molecular formula is C24H25F3N6O. The third kappa shape index (κ3) is 4.25. The number of rotatable bonds is 3. The van der Waals surface area contributed by atoms with Gasteiger partial charge in [0, 0.05) is 61.2 Å². The summed E-state index contributed by atoms with van der Waals surface area (Å²) in [6.07, 6.45) is -0.426. The van der Waals surface area contributed by atoms with E-state index in [-0.39, 0.29) is 11.6 Å². The van der Waals surface area contributed by atoms with E-state index >= 15 is 0 Å². The summed E-state index contributed by atoms with van der Waals surface area (Å²) in [4.78, 5) is 20.9. The van der Waals surface area contributed by atoms with Crippen molar-refractivity contribution in [3.63, 3.8) is 0 Å². The van der Waals surface area contributed by atoms with Crippen molar-refractivity contribution in [3.05, 3.63) is 71.2 Å². The third-order valence-corrected chi connectivity index (χ3v) is 6.65. The Morgan fingerprint density at radius 1 is 1.15 bits per heavy atom. The van der Waals surface area contributed by atoms with Crippen LogP contribution in [-0.2, 0) is 19.1 Å². The first kappa shape index (κ1) is 22.4. The molecule has 10 heteroatoms. The normalized spacial score (nSPS) is 20.9. The molecule has 2 N–H and O–H groups in total. The van der Waals surface area contributed by atoms with E-state index in [0.29, 0.717) is 32.6 Å². The number of H-pyrrole nitrogens is 1. The van der Waals surface area contributed by atoms with Gasteiger partial charge in [0.25, 0.3) is 0 Å². The highest BCUT2D eigenvalue weighted by atomic mass is 19.4. The predicted molar refractivity (Wildman–Crippen MR) is 120 cm³/mol. The molecular weight excluding hydrogens is 445 g/mol. The maximum atomic E-state index is 13.6. The Kier molecular flexibility index (Phi) is 5.76. The Bertz CT molecular complexity index is 1180. The van der Waals surface area contributed by atoms with Crippen LogP contribution in [0.2, 0.25) is 0 Å². The minimum absolute atomic E-state index is 0.223. The molecule has 178 valence electrons. The molecule has 7 nitrogen and oxygen atoms in total. The van der Waals surface area contributed by atoms with Crippen molar-refractivity contribution in [2.75, 3.05) is 26.7 Å². The lowest BCUT2D eigenvalue weighted by atomic mass is 9.90. The highest BCUT2D eigenvalue weighted by Crippen LogP contribution is 2.38. The number of benzene rings is 1. The fourth-order valence-electron chi connectivity index (χ4n) is 5.01. The number of amides is 2. The largest absolute Gasteiger partial charge is 0.416 e. The Morgan fingerprint density at radius 2 is 1.91 bits per heavy atom. The van der Waals surface area contributed by atoms with E-state index in [2.05, 4.69) is 20.5 Å². The van der Waals surface area contributed by atoms with Crippen molar-refractivity contribution in [1.82, 2.24) is 30.3 Å². The van der Waals surface area contributed by atoms with E-state index in [1.54, 1.807) is 23.4 Å². The highest BCUT2D eigenvalue weighted by molar-refractivity contribution is 5.76. The summed E-state index contributed by atoms with van der Waals surface area (Å²) in [5, 5.41) is 10.5. The number of hydrogen-bond donors (Lipinski definition) is 2. The highest BCUT2D eigenvalue weighted by Gasteiger charge is 2.41. The fourth-order valence-corrected chi connectivity index (χ4v) is 5.01. The van der Waals surface area contributed by atoms with Crippen LogP contribution in [0.4, 0.5) is 18.0 Å². The Labute approximate surface area is 195 Å². The Hall–Kier alpha value is -3.40. The predicted octanol–water partition coefficient (Wildman–Crippen LogP) is 3.66. The summed E-state index contributed by atoms with van der Waals surface area (Å²) >= 11 is 0. The smallest absolute Gasteiger partial charge is 0.333 e. The van der Waals surface area contributed by atoms with Crippen molar-refractivity contribution in [2.24, 2.45) is 0 Å². The third-order valence-electron chi connectivity index (χ3n) is 6.65. The van der Waals surface area contributed by atoms with Crippen molar-refractivity contribution < 1.29 is 18.0 Å². The quantitative estimate of drug-likeness (QED) is 0.613. The Balaban J connectivity index is 1.35. The maximum Gasteiger partial charge on any atom is 0.416 e. The molecule has 3 aromatic rings. The zero-order valence-electron chi connectivity index (χ0n) is 18.6. The van der Waals surface area contributed by atoms with Crippen LogP contribution in [0.3, 0.4) is 0 Å². The van der Waals surface area contributed by atoms with Gasteiger partial charge in [0.1, 0.15) is 0 Å². The number of fused-ring (bicyclic) bond motifs is 1. The molecule has 1 aromatic carbocycles. The van der Waals surface area contributed by atoms with Crippen molar-refractivity contribution >= 4 is 6.03 Å². The number of hydrogen-bond acceptors (Lipinski definition) is 4. The standard InChI is InChI=1S/C24H25F3N6O/c1-32-12-17(16-4-2-3-5-19(16)24(25,26)27)21(14-32)29-23(34)33-11-8-20-18(13-33)22(31-30-20)15-6-9-28-10-7-15/h2-7,9-10,17,21H,8,11-14H2,1H3,(H,29,34)(H,30,31)/t17-,21+/m1/s1. The summed E-state index contributed by atoms with van der Waals surface area (Å²) in [6.45, 7) is 1.80. The molecule has 0 unspecified atom stereocenters. The minimum atomic E-state index is -4.44. The summed E-state index contributed by atoms with van der Waals surface area (Å²) in [7, 11) is 1.86. The van der Waals surface area contributed by atoms with Crippen molar-refractivity contribution in [3.8, 4) is 11.3 Å². The molecule has 0 bridgehead atoms. The number of likely N-dealkylation sites (N-methyl/N-ethyl adjacent to an activating group) is 1. The van der Waals surface area contributed by atoms with Crippen LogP contribution >= 0.6 is 0 Å². The lowest BCUT2D eigenvalue weighted by Gasteiger charge is -2.30. The number of aromatic amines is 1. The van der Waals surface area contributed by atoms with Gasteiger partial charge in [-0.25, -0.2) is 4.79 Å². The van der Waals surface area contributed by atoms with Gasteiger partial charge in [0.15, 0.2) is 0 Å². The second-order valence-electron chi connectivity index (χ2n) is 8.91. The maximum absolute atomic E-state index is 13.6. The van der Waals surface area contributed by atoms with E-state index < -0.39 is 23.7 Å². The number of carbonyl (C=O) groups excluding carboxylic acids is 1. The summed E-state index contributed by atoms with van der Waals surface area (Å²) < 4.78 is 40.9. The molecule has 5 rings (SSSR count). The average molecular weight is 470 g/mol. The average Bonchev–Trinajstić information content (AvgIpc) is 3.41. The van der Waals surface area contributed by atoms with Gasteiger partial charge in [0.05, 0.1) is 23.8 Å². The molecule has 1 fully saturated rings. The summed E-state index contributed by atoms with van der Waals surface area (Å²) in [6, 6.07) is 8.68. The second kappa shape index (κ2) is 8.75. The molecule has 4 heterocycles. The van der Waals surface area contributed by atoms with Gasteiger partial charge < -0.3 is 15.1 Å². The number of urea groups is 1. The van der Waals surface area contributed by atoms with Gasteiger partial charge in [0.2, 0.25) is 0 Å². The molecule has 2 aromatic heterocycles. The number of likely N-dealkylation sites (tertiary alicyclic amines) is 1. The first-order valence-electron chi connectivity index (χ1n) is 11.2. The number of halogens is 3. The molecule has 0 spiro atoms. The second-order valence-corrected chi connectivity index (χ2v) is 8.91. The number of aromatic nitrogens is 3. The number of nitrogens with one attached hydrogen (secondary N) is 2. The Morgan fingerprint density at radius 3 is 2.68 bits per heavy atom.